The number of hydrogen-bond acceptors (Lipinski definition) is 5. The van der Waals surface area contributed by atoms with E-state index in [2.05, 4.69) is 20.3 Å². The highest BCUT2D eigenvalue weighted by Crippen LogP contribution is 2.27. The minimum absolute atomic E-state index is 0.563. The molecule has 6 heteroatoms. The van der Waals surface area contributed by atoms with E-state index in [1.165, 1.54) is 0 Å². The van der Waals surface area contributed by atoms with E-state index in [0.29, 0.717) is 22.3 Å². The van der Waals surface area contributed by atoms with Crippen LogP contribution < -0.4 is 5.32 Å². The summed E-state index contributed by atoms with van der Waals surface area (Å²) in [5.41, 5.74) is 3.26. The summed E-state index contributed by atoms with van der Waals surface area (Å²) in [5.74, 6) is 1.25. The lowest BCUT2D eigenvalue weighted by Gasteiger charge is -2.04. The van der Waals surface area contributed by atoms with Crippen molar-refractivity contribution in [2.45, 2.75) is 0 Å². The van der Waals surface area contributed by atoms with Crippen LogP contribution in [0, 0.1) is 0 Å². The molecule has 0 spiro atoms. The topological polar surface area (TPSA) is 63.8 Å². The molecule has 2 aromatic carbocycles. The number of benzene rings is 2. The summed E-state index contributed by atoms with van der Waals surface area (Å²) in [5, 5.41) is 3.80. The van der Waals surface area contributed by atoms with E-state index >= 15 is 0 Å². The Morgan fingerprint density at radius 1 is 1.00 bits per heavy atom. The first-order chi connectivity index (χ1) is 11.3. The normalized spacial score (nSPS) is 10.8. The SMILES string of the molecule is Clc1ccc2nc(-c3ccc(Nc4cnccn4)cc3)oc2c1. The molecular formula is C17H11ClN4O. The number of halogens is 1. The predicted octanol–water partition coefficient (Wildman–Crippen LogP) is 4.68. The van der Waals surface area contributed by atoms with Gasteiger partial charge in [-0.2, -0.15) is 0 Å². The molecule has 5 nitrogen and oxygen atoms in total. The highest BCUT2D eigenvalue weighted by Gasteiger charge is 2.08. The van der Waals surface area contributed by atoms with Crippen molar-refractivity contribution in [1.29, 1.82) is 0 Å². The second kappa shape index (κ2) is 5.70. The van der Waals surface area contributed by atoms with Crippen LogP contribution in [-0.4, -0.2) is 15.0 Å². The van der Waals surface area contributed by atoms with Crippen LogP contribution in [0.4, 0.5) is 11.5 Å². The zero-order chi connectivity index (χ0) is 15.6. The number of anilines is 2. The lowest BCUT2D eigenvalue weighted by atomic mass is 10.2. The third-order valence-corrected chi connectivity index (χ3v) is 3.55. The van der Waals surface area contributed by atoms with Crippen LogP contribution in [0.3, 0.4) is 0 Å². The minimum Gasteiger partial charge on any atom is -0.436 e. The van der Waals surface area contributed by atoms with Crippen molar-refractivity contribution in [3.05, 3.63) is 66.1 Å². The molecule has 0 atom stereocenters. The molecule has 0 fully saturated rings. The summed E-state index contributed by atoms with van der Waals surface area (Å²) in [4.78, 5) is 12.7. The largest absolute Gasteiger partial charge is 0.436 e. The quantitative estimate of drug-likeness (QED) is 0.593. The van der Waals surface area contributed by atoms with Crippen molar-refractivity contribution in [3.63, 3.8) is 0 Å². The third kappa shape index (κ3) is 2.86. The Morgan fingerprint density at radius 2 is 1.87 bits per heavy atom. The molecule has 0 aliphatic rings. The summed E-state index contributed by atoms with van der Waals surface area (Å²) in [7, 11) is 0. The molecule has 4 aromatic rings. The molecule has 0 bridgehead atoms. The molecule has 0 saturated carbocycles. The molecule has 0 aliphatic heterocycles. The fraction of sp³-hybridized carbons (Fsp3) is 0. The highest BCUT2D eigenvalue weighted by atomic mass is 35.5. The molecule has 0 amide bonds. The molecule has 23 heavy (non-hydrogen) atoms. The fourth-order valence-electron chi connectivity index (χ4n) is 2.23. The van der Waals surface area contributed by atoms with Crippen molar-refractivity contribution in [2.75, 3.05) is 5.32 Å². The van der Waals surface area contributed by atoms with Crippen molar-refractivity contribution < 1.29 is 4.42 Å². The molecule has 1 N–H and O–H groups in total. The van der Waals surface area contributed by atoms with Gasteiger partial charge in [-0.05, 0) is 36.4 Å². The van der Waals surface area contributed by atoms with Crippen LogP contribution in [0.15, 0.2) is 65.5 Å². The molecule has 0 radical (unpaired) electrons. The third-order valence-electron chi connectivity index (χ3n) is 3.32. The van der Waals surface area contributed by atoms with Crippen LogP contribution in [0.25, 0.3) is 22.6 Å². The number of rotatable bonds is 3. The van der Waals surface area contributed by atoms with E-state index in [1.807, 2.05) is 30.3 Å². The van der Waals surface area contributed by atoms with E-state index < -0.39 is 0 Å². The molecular weight excluding hydrogens is 312 g/mol. The van der Waals surface area contributed by atoms with Crippen molar-refractivity contribution >= 4 is 34.2 Å². The van der Waals surface area contributed by atoms with E-state index in [1.54, 1.807) is 30.7 Å². The Bertz CT molecular complexity index is 951. The predicted molar refractivity (Wildman–Crippen MR) is 89.8 cm³/mol. The highest BCUT2D eigenvalue weighted by molar-refractivity contribution is 6.31. The lowest BCUT2D eigenvalue weighted by molar-refractivity contribution is 0.620. The Labute approximate surface area is 137 Å². The van der Waals surface area contributed by atoms with E-state index in [-0.39, 0.29) is 0 Å². The van der Waals surface area contributed by atoms with Crippen LogP contribution in [0.2, 0.25) is 5.02 Å². The Morgan fingerprint density at radius 3 is 2.65 bits per heavy atom. The Kier molecular flexibility index (Phi) is 3.40. The smallest absolute Gasteiger partial charge is 0.227 e. The van der Waals surface area contributed by atoms with Gasteiger partial charge < -0.3 is 9.73 Å². The average Bonchev–Trinajstić information content (AvgIpc) is 2.99. The van der Waals surface area contributed by atoms with Gasteiger partial charge in [0, 0.05) is 34.7 Å². The fourth-order valence-corrected chi connectivity index (χ4v) is 2.39. The number of fused-ring (bicyclic) bond motifs is 1. The first kappa shape index (κ1) is 13.7. The van der Waals surface area contributed by atoms with Gasteiger partial charge in [-0.3, -0.25) is 4.98 Å². The van der Waals surface area contributed by atoms with Gasteiger partial charge in [0.05, 0.1) is 6.20 Å². The monoisotopic (exact) mass is 322 g/mol. The van der Waals surface area contributed by atoms with Gasteiger partial charge in [-0.15, -0.1) is 0 Å². The van der Waals surface area contributed by atoms with Gasteiger partial charge in [-0.25, -0.2) is 9.97 Å². The number of nitrogens with one attached hydrogen (secondary N) is 1. The standard InChI is InChI=1S/C17H11ClN4O/c18-12-3-6-14-15(9-12)23-17(22-14)11-1-4-13(5-2-11)21-16-10-19-7-8-20-16/h1-10H,(H,20,21). The summed E-state index contributed by atoms with van der Waals surface area (Å²) in [6.45, 7) is 0. The van der Waals surface area contributed by atoms with Gasteiger partial charge in [0.1, 0.15) is 11.3 Å². The number of oxazole rings is 1. The summed E-state index contributed by atoms with van der Waals surface area (Å²) in [6, 6.07) is 13.1. The van der Waals surface area contributed by atoms with Gasteiger partial charge in [0.2, 0.25) is 5.89 Å². The molecule has 2 aromatic heterocycles. The minimum atomic E-state index is 0.563. The molecule has 0 unspecified atom stereocenters. The summed E-state index contributed by atoms with van der Waals surface area (Å²) >= 11 is 5.96. The second-order valence-corrected chi connectivity index (χ2v) is 5.36. The Hall–Kier alpha value is -2.92. The average molecular weight is 323 g/mol. The van der Waals surface area contributed by atoms with E-state index in [9.17, 15) is 0 Å². The number of aromatic nitrogens is 3. The summed E-state index contributed by atoms with van der Waals surface area (Å²) < 4.78 is 5.75. The maximum atomic E-state index is 5.96. The summed E-state index contributed by atoms with van der Waals surface area (Å²) in [6.07, 6.45) is 4.94. The van der Waals surface area contributed by atoms with Gasteiger partial charge in [0.15, 0.2) is 5.58 Å². The first-order valence-corrected chi connectivity index (χ1v) is 7.35. The van der Waals surface area contributed by atoms with Gasteiger partial charge >= 0.3 is 0 Å². The van der Waals surface area contributed by atoms with Crippen LogP contribution in [0.5, 0.6) is 0 Å². The lowest BCUT2D eigenvalue weighted by Crippen LogP contribution is -1.93. The van der Waals surface area contributed by atoms with Crippen molar-refractivity contribution in [1.82, 2.24) is 15.0 Å². The second-order valence-electron chi connectivity index (χ2n) is 4.92. The maximum Gasteiger partial charge on any atom is 0.227 e. The van der Waals surface area contributed by atoms with Crippen LogP contribution in [0.1, 0.15) is 0 Å². The first-order valence-electron chi connectivity index (χ1n) is 6.97. The van der Waals surface area contributed by atoms with Crippen LogP contribution in [-0.2, 0) is 0 Å². The molecule has 0 saturated heterocycles. The van der Waals surface area contributed by atoms with Crippen LogP contribution >= 0.6 is 11.6 Å². The molecule has 112 valence electrons. The van der Waals surface area contributed by atoms with E-state index in [0.717, 1.165) is 16.8 Å². The Balaban J connectivity index is 1.61. The number of hydrogen-bond donors (Lipinski definition) is 1. The van der Waals surface area contributed by atoms with Crippen molar-refractivity contribution in [2.24, 2.45) is 0 Å². The zero-order valence-electron chi connectivity index (χ0n) is 11.9. The number of nitrogens with zero attached hydrogens (tertiary/aromatic N) is 3. The molecule has 0 aliphatic carbocycles. The van der Waals surface area contributed by atoms with Gasteiger partial charge in [0.25, 0.3) is 0 Å². The molecule has 4 rings (SSSR count). The maximum absolute atomic E-state index is 5.96. The zero-order valence-corrected chi connectivity index (χ0v) is 12.7. The van der Waals surface area contributed by atoms with Gasteiger partial charge in [-0.1, -0.05) is 11.6 Å². The molecule has 2 heterocycles. The van der Waals surface area contributed by atoms with E-state index in [4.69, 9.17) is 16.0 Å². The van der Waals surface area contributed by atoms with Crippen molar-refractivity contribution in [3.8, 4) is 11.5 Å².